The van der Waals surface area contributed by atoms with Crippen molar-refractivity contribution in [3.63, 3.8) is 0 Å². The average Bonchev–Trinajstić information content (AvgIpc) is 3.76. The summed E-state index contributed by atoms with van der Waals surface area (Å²) in [4.78, 5) is 41.0. The fourth-order valence-electron chi connectivity index (χ4n) is 5.01. The molecule has 1 aromatic carbocycles. The zero-order chi connectivity index (χ0) is 26.2. The van der Waals surface area contributed by atoms with Gasteiger partial charge in [0.1, 0.15) is 11.5 Å². The van der Waals surface area contributed by atoms with E-state index in [0.29, 0.717) is 28.3 Å². The molecule has 1 aliphatic carbocycles. The topological polar surface area (TPSA) is 105 Å². The zero-order valence-electron chi connectivity index (χ0n) is 21.1. The molecule has 0 spiro atoms. The number of hydrogen-bond donors (Lipinski definition) is 2. The van der Waals surface area contributed by atoms with Gasteiger partial charge in [-0.05, 0) is 67.1 Å². The van der Waals surface area contributed by atoms with Crippen LogP contribution in [0.2, 0.25) is 0 Å². The van der Waals surface area contributed by atoms with Crippen LogP contribution in [0.3, 0.4) is 0 Å². The molecule has 38 heavy (non-hydrogen) atoms. The van der Waals surface area contributed by atoms with Crippen LogP contribution in [0, 0.1) is 5.82 Å². The van der Waals surface area contributed by atoms with Crippen LogP contribution < -0.4 is 21.1 Å². The highest BCUT2D eigenvalue weighted by molar-refractivity contribution is 5.96. The Morgan fingerprint density at radius 3 is 2.71 bits per heavy atom. The Bertz CT molecular complexity index is 1590. The van der Waals surface area contributed by atoms with E-state index >= 15 is 0 Å². The summed E-state index contributed by atoms with van der Waals surface area (Å²) in [5.74, 6) is 0.0336. The number of hydrogen-bond acceptors (Lipinski definition) is 8. The van der Waals surface area contributed by atoms with Gasteiger partial charge in [-0.3, -0.25) is 19.1 Å². The van der Waals surface area contributed by atoms with Gasteiger partial charge in [-0.2, -0.15) is 4.98 Å². The number of piperazine rings is 1. The van der Waals surface area contributed by atoms with Crippen molar-refractivity contribution in [1.29, 1.82) is 0 Å². The second-order valence-electron chi connectivity index (χ2n) is 9.86. The highest BCUT2D eigenvalue weighted by Crippen LogP contribution is 2.41. The molecule has 9 nitrogen and oxygen atoms in total. The van der Waals surface area contributed by atoms with Gasteiger partial charge in [0.25, 0.3) is 5.56 Å². The number of benzene rings is 1. The standard InChI is InChI=1S/C28H28FN7O2/c1-17(37)22-12-20-14-32-28(33-21-4-5-25(24(29)13-21)35-10-8-30-9-11-35)34-26(20)36(27(22)38)16-19-6-7-31-15-23(19)18-2-3-18/h4-7,12-15,18,30H,2-3,8-11,16H2,1H3,(H,32,33,34). The normalized spacial score (nSPS) is 15.6. The monoisotopic (exact) mass is 513 g/mol. The summed E-state index contributed by atoms with van der Waals surface area (Å²) in [5, 5.41) is 6.91. The average molecular weight is 514 g/mol. The number of Topliss-reactive ketones (excluding diaryl/α,β-unsaturated/α-hetero) is 1. The number of rotatable bonds is 7. The molecule has 0 atom stereocenters. The van der Waals surface area contributed by atoms with E-state index in [2.05, 4.69) is 25.6 Å². The van der Waals surface area contributed by atoms with Crippen LogP contribution in [-0.2, 0) is 6.54 Å². The Morgan fingerprint density at radius 2 is 1.97 bits per heavy atom. The van der Waals surface area contributed by atoms with Gasteiger partial charge in [-0.15, -0.1) is 0 Å². The largest absolute Gasteiger partial charge is 0.367 e. The molecule has 4 aromatic rings. The third-order valence-electron chi connectivity index (χ3n) is 7.16. The second kappa shape index (κ2) is 9.94. The molecule has 3 aromatic heterocycles. The Hall–Kier alpha value is -4.18. The number of anilines is 3. The van der Waals surface area contributed by atoms with Crippen LogP contribution in [0.4, 0.5) is 21.7 Å². The molecular weight excluding hydrogens is 485 g/mol. The third kappa shape index (κ3) is 4.74. The molecule has 0 amide bonds. The first-order chi connectivity index (χ1) is 18.5. The first-order valence-corrected chi connectivity index (χ1v) is 12.8. The van der Waals surface area contributed by atoms with E-state index in [0.717, 1.165) is 50.1 Å². The van der Waals surface area contributed by atoms with Gasteiger partial charge in [0.2, 0.25) is 5.95 Å². The van der Waals surface area contributed by atoms with E-state index in [1.54, 1.807) is 24.5 Å². The molecule has 2 aliphatic rings. The number of nitrogens with zero attached hydrogens (tertiary/aromatic N) is 5. The van der Waals surface area contributed by atoms with Gasteiger partial charge in [-0.25, -0.2) is 9.37 Å². The van der Waals surface area contributed by atoms with Crippen molar-refractivity contribution in [3.05, 3.63) is 81.8 Å². The fraction of sp³-hybridized carbons (Fsp3) is 0.321. The minimum Gasteiger partial charge on any atom is -0.367 e. The molecule has 2 fully saturated rings. The molecule has 1 aliphatic heterocycles. The van der Waals surface area contributed by atoms with E-state index in [1.807, 2.05) is 17.2 Å². The molecule has 2 N–H and O–H groups in total. The van der Waals surface area contributed by atoms with Crippen molar-refractivity contribution in [2.75, 3.05) is 36.4 Å². The highest BCUT2D eigenvalue weighted by atomic mass is 19.1. The van der Waals surface area contributed by atoms with Crippen molar-refractivity contribution in [1.82, 2.24) is 24.8 Å². The summed E-state index contributed by atoms with van der Waals surface area (Å²) < 4.78 is 16.5. The van der Waals surface area contributed by atoms with E-state index in [4.69, 9.17) is 0 Å². The van der Waals surface area contributed by atoms with Crippen molar-refractivity contribution < 1.29 is 9.18 Å². The van der Waals surface area contributed by atoms with E-state index in [1.165, 1.54) is 23.6 Å². The Labute approximate surface area is 218 Å². The van der Waals surface area contributed by atoms with E-state index in [9.17, 15) is 14.0 Å². The molecular formula is C28H28FN7O2. The smallest absolute Gasteiger partial charge is 0.263 e. The number of halogens is 1. The van der Waals surface area contributed by atoms with Crippen LogP contribution in [0.25, 0.3) is 11.0 Å². The summed E-state index contributed by atoms with van der Waals surface area (Å²) >= 11 is 0. The molecule has 0 unspecified atom stereocenters. The maximum Gasteiger partial charge on any atom is 0.263 e. The van der Waals surface area contributed by atoms with E-state index < -0.39 is 5.56 Å². The van der Waals surface area contributed by atoms with Crippen molar-refractivity contribution in [2.45, 2.75) is 32.2 Å². The Balaban J connectivity index is 1.37. The van der Waals surface area contributed by atoms with Gasteiger partial charge in [-0.1, -0.05) is 0 Å². The van der Waals surface area contributed by atoms with Crippen molar-refractivity contribution in [2.24, 2.45) is 0 Å². The predicted octanol–water partition coefficient (Wildman–Crippen LogP) is 3.61. The van der Waals surface area contributed by atoms with E-state index in [-0.39, 0.29) is 29.7 Å². The second-order valence-corrected chi connectivity index (χ2v) is 9.86. The first kappa shape index (κ1) is 24.2. The van der Waals surface area contributed by atoms with Crippen molar-refractivity contribution in [3.8, 4) is 0 Å². The molecule has 10 heteroatoms. The van der Waals surface area contributed by atoms with Crippen LogP contribution in [0.5, 0.6) is 0 Å². The highest BCUT2D eigenvalue weighted by Gasteiger charge is 2.27. The molecule has 1 saturated carbocycles. The molecule has 0 radical (unpaired) electrons. The minimum atomic E-state index is -0.403. The summed E-state index contributed by atoms with van der Waals surface area (Å²) in [6.45, 7) is 4.77. The summed E-state index contributed by atoms with van der Waals surface area (Å²) in [5.41, 5.74) is 3.24. The Morgan fingerprint density at radius 1 is 1.16 bits per heavy atom. The lowest BCUT2D eigenvalue weighted by Crippen LogP contribution is -2.43. The van der Waals surface area contributed by atoms with Crippen LogP contribution in [0.1, 0.15) is 47.2 Å². The van der Waals surface area contributed by atoms with Crippen LogP contribution >= 0.6 is 0 Å². The third-order valence-corrected chi connectivity index (χ3v) is 7.16. The number of nitrogens with one attached hydrogen (secondary N) is 2. The quantitative estimate of drug-likeness (QED) is 0.361. The molecule has 1 saturated heterocycles. The summed E-state index contributed by atoms with van der Waals surface area (Å²) in [7, 11) is 0. The Kier molecular flexibility index (Phi) is 6.32. The number of pyridine rings is 2. The molecule has 0 bridgehead atoms. The summed E-state index contributed by atoms with van der Waals surface area (Å²) in [6, 6.07) is 8.42. The van der Waals surface area contributed by atoms with Crippen LogP contribution in [-0.4, -0.2) is 51.5 Å². The molecule has 6 rings (SSSR count). The predicted molar refractivity (Wildman–Crippen MR) is 144 cm³/mol. The number of ketones is 1. The molecule has 194 valence electrons. The maximum absolute atomic E-state index is 15.0. The molecule has 4 heterocycles. The number of carbonyl (C=O) groups is 1. The first-order valence-electron chi connectivity index (χ1n) is 12.8. The van der Waals surface area contributed by atoms with Gasteiger partial charge in [0, 0.05) is 55.8 Å². The SMILES string of the molecule is CC(=O)c1cc2cnc(Nc3ccc(N4CCNCC4)c(F)c3)nc2n(Cc2ccncc2C2CC2)c1=O. The fourth-order valence-corrected chi connectivity index (χ4v) is 5.01. The van der Waals surface area contributed by atoms with Gasteiger partial charge < -0.3 is 15.5 Å². The van der Waals surface area contributed by atoms with Crippen LogP contribution in [0.15, 0.2) is 53.7 Å². The zero-order valence-corrected chi connectivity index (χ0v) is 21.1. The maximum atomic E-state index is 15.0. The number of carbonyl (C=O) groups excluding carboxylic acids is 1. The summed E-state index contributed by atoms with van der Waals surface area (Å²) in [6.07, 6.45) is 7.34. The number of aromatic nitrogens is 4. The van der Waals surface area contributed by atoms with Gasteiger partial charge in [0.05, 0.1) is 17.8 Å². The van der Waals surface area contributed by atoms with Crippen molar-refractivity contribution >= 4 is 34.1 Å². The van der Waals surface area contributed by atoms with Gasteiger partial charge >= 0.3 is 0 Å². The van der Waals surface area contributed by atoms with Gasteiger partial charge in [0.15, 0.2) is 5.78 Å². The lowest BCUT2D eigenvalue weighted by molar-refractivity contribution is 0.101. The lowest BCUT2D eigenvalue weighted by Gasteiger charge is -2.29. The minimum absolute atomic E-state index is 0.0920. The lowest BCUT2D eigenvalue weighted by atomic mass is 10.1. The number of fused-ring (bicyclic) bond motifs is 1.